The summed E-state index contributed by atoms with van der Waals surface area (Å²) in [6.07, 6.45) is 0.795. The number of ether oxygens (including phenoxy) is 1. The molecule has 0 heterocycles. The van der Waals surface area contributed by atoms with Gasteiger partial charge in [0.2, 0.25) is 0 Å². The second-order valence-electron chi connectivity index (χ2n) is 5.22. The molecule has 5 nitrogen and oxygen atoms in total. The zero-order valence-electron chi connectivity index (χ0n) is 11.9. The maximum absolute atomic E-state index is 11.2. The molecule has 1 aromatic carbocycles. The van der Waals surface area contributed by atoms with E-state index in [9.17, 15) is 9.90 Å². The Labute approximate surface area is 114 Å². The lowest BCUT2D eigenvalue weighted by Crippen LogP contribution is -2.30. The molecule has 0 saturated carbocycles. The summed E-state index contributed by atoms with van der Waals surface area (Å²) in [6, 6.07) is 4.92. The molecule has 5 heteroatoms. The Kier molecular flexibility index (Phi) is 4.78. The number of aromatic carboxylic acids is 1. The number of rotatable bonds is 6. The maximum Gasteiger partial charge on any atom is 0.337 e. The van der Waals surface area contributed by atoms with Gasteiger partial charge in [0.25, 0.3) is 0 Å². The van der Waals surface area contributed by atoms with Crippen molar-refractivity contribution < 1.29 is 14.6 Å². The van der Waals surface area contributed by atoms with Gasteiger partial charge >= 0.3 is 5.97 Å². The van der Waals surface area contributed by atoms with Crippen LogP contribution in [0.3, 0.4) is 0 Å². The molecule has 1 aromatic rings. The number of carboxylic acids is 1. The van der Waals surface area contributed by atoms with Crippen LogP contribution in [0, 0.1) is 0 Å². The Hall–Kier alpha value is -1.75. The number of carbonyl (C=O) groups is 1. The number of nitrogen functional groups attached to an aromatic ring is 1. The summed E-state index contributed by atoms with van der Waals surface area (Å²) < 4.78 is 5.36. The van der Waals surface area contributed by atoms with Crippen molar-refractivity contribution >= 4 is 17.3 Å². The highest BCUT2D eigenvalue weighted by Gasteiger charge is 2.19. The first-order valence-electron chi connectivity index (χ1n) is 6.16. The van der Waals surface area contributed by atoms with Gasteiger partial charge in [-0.25, -0.2) is 4.79 Å². The van der Waals surface area contributed by atoms with Crippen LogP contribution >= 0.6 is 0 Å². The standard InChI is InChI=1S/C14H22N2O3/c1-14(2,19-4)7-8-16(3)12-6-5-10(15)9-11(12)13(17)18/h5-6,9H,7-8,15H2,1-4H3,(H,17,18). The molecule has 1 rings (SSSR count). The Morgan fingerprint density at radius 2 is 2.11 bits per heavy atom. The van der Waals surface area contributed by atoms with Crippen LogP contribution in [0.5, 0.6) is 0 Å². The zero-order valence-corrected chi connectivity index (χ0v) is 11.9. The Balaban J connectivity index is 2.88. The van der Waals surface area contributed by atoms with Gasteiger partial charge in [-0.2, -0.15) is 0 Å². The van der Waals surface area contributed by atoms with Crippen molar-refractivity contribution in [3.05, 3.63) is 23.8 Å². The smallest absolute Gasteiger partial charge is 0.337 e. The predicted molar refractivity (Wildman–Crippen MR) is 76.8 cm³/mol. The van der Waals surface area contributed by atoms with E-state index in [1.165, 1.54) is 6.07 Å². The second kappa shape index (κ2) is 5.93. The van der Waals surface area contributed by atoms with E-state index in [1.54, 1.807) is 19.2 Å². The number of nitrogens with two attached hydrogens (primary N) is 1. The summed E-state index contributed by atoms with van der Waals surface area (Å²) in [5.74, 6) is -0.972. The van der Waals surface area contributed by atoms with Gasteiger partial charge in [-0.05, 0) is 38.5 Å². The SMILES string of the molecule is COC(C)(C)CCN(C)c1ccc(N)cc1C(=O)O. The van der Waals surface area contributed by atoms with Crippen molar-refractivity contribution in [2.24, 2.45) is 0 Å². The van der Waals surface area contributed by atoms with Crippen molar-refractivity contribution in [2.75, 3.05) is 31.3 Å². The topological polar surface area (TPSA) is 75.8 Å². The second-order valence-corrected chi connectivity index (χ2v) is 5.22. The van der Waals surface area contributed by atoms with Gasteiger partial charge in [-0.15, -0.1) is 0 Å². The van der Waals surface area contributed by atoms with Crippen LogP contribution in [0.25, 0.3) is 0 Å². The number of methoxy groups -OCH3 is 1. The third-order valence-electron chi connectivity index (χ3n) is 3.26. The predicted octanol–water partition coefficient (Wildman–Crippen LogP) is 2.22. The van der Waals surface area contributed by atoms with Crippen LogP contribution in [0.1, 0.15) is 30.6 Å². The molecule has 0 bridgehead atoms. The molecule has 0 fully saturated rings. The number of benzene rings is 1. The van der Waals surface area contributed by atoms with Gasteiger partial charge in [-0.1, -0.05) is 0 Å². The number of carboxylic acid groups (broad SMARTS) is 1. The molecular weight excluding hydrogens is 244 g/mol. The van der Waals surface area contributed by atoms with Crippen molar-refractivity contribution in [3.63, 3.8) is 0 Å². The molecule has 19 heavy (non-hydrogen) atoms. The van der Waals surface area contributed by atoms with Crippen molar-refractivity contribution in [1.29, 1.82) is 0 Å². The Morgan fingerprint density at radius 1 is 1.47 bits per heavy atom. The molecule has 0 atom stereocenters. The molecule has 0 aliphatic heterocycles. The summed E-state index contributed by atoms with van der Waals surface area (Å²) in [5.41, 5.74) is 6.73. The molecular formula is C14H22N2O3. The molecule has 106 valence electrons. The van der Waals surface area contributed by atoms with E-state index in [2.05, 4.69) is 0 Å². The number of anilines is 2. The Morgan fingerprint density at radius 3 is 2.63 bits per heavy atom. The van der Waals surface area contributed by atoms with Gasteiger partial charge in [-0.3, -0.25) is 0 Å². The van der Waals surface area contributed by atoms with E-state index >= 15 is 0 Å². The summed E-state index contributed by atoms with van der Waals surface area (Å²) in [6.45, 7) is 4.70. The number of hydrogen-bond acceptors (Lipinski definition) is 4. The third-order valence-corrected chi connectivity index (χ3v) is 3.26. The lowest BCUT2D eigenvalue weighted by molar-refractivity contribution is 0.0174. The van der Waals surface area contributed by atoms with E-state index in [4.69, 9.17) is 10.5 Å². The molecule has 0 aliphatic carbocycles. The van der Waals surface area contributed by atoms with E-state index in [0.717, 1.165) is 6.42 Å². The maximum atomic E-state index is 11.2. The van der Waals surface area contributed by atoms with Gasteiger partial charge < -0.3 is 20.5 Å². The quantitative estimate of drug-likeness (QED) is 0.772. The fourth-order valence-electron chi connectivity index (χ4n) is 1.72. The van der Waals surface area contributed by atoms with Gasteiger partial charge in [0, 0.05) is 26.4 Å². The van der Waals surface area contributed by atoms with Crippen LogP contribution in [0.15, 0.2) is 18.2 Å². The van der Waals surface area contributed by atoms with E-state index in [-0.39, 0.29) is 11.2 Å². The molecule has 0 aromatic heterocycles. The van der Waals surface area contributed by atoms with E-state index < -0.39 is 5.97 Å². The average molecular weight is 266 g/mol. The minimum Gasteiger partial charge on any atom is -0.478 e. The molecule has 0 aliphatic rings. The van der Waals surface area contributed by atoms with Crippen LogP contribution in [-0.2, 0) is 4.74 Å². The fourth-order valence-corrected chi connectivity index (χ4v) is 1.72. The van der Waals surface area contributed by atoms with Crippen LogP contribution in [-0.4, -0.2) is 37.4 Å². The first-order valence-corrected chi connectivity index (χ1v) is 6.16. The van der Waals surface area contributed by atoms with Gasteiger partial charge in [0.05, 0.1) is 16.9 Å². The van der Waals surface area contributed by atoms with E-state index in [0.29, 0.717) is 17.9 Å². The van der Waals surface area contributed by atoms with Gasteiger partial charge in [0.15, 0.2) is 0 Å². The molecule has 0 amide bonds. The normalized spacial score (nSPS) is 11.4. The lowest BCUT2D eigenvalue weighted by atomic mass is 10.0. The zero-order chi connectivity index (χ0) is 14.6. The van der Waals surface area contributed by atoms with Crippen molar-refractivity contribution in [2.45, 2.75) is 25.9 Å². The lowest BCUT2D eigenvalue weighted by Gasteiger charge is -2.28. The summed E-state index contributed by atoms with van der Waals surface area (Å²) in [7, 11) is 3.54. The minimum atomic E-state index is -0.972. The van der Waals surface area contributed by atoms with E-state index in [1.807, 2.05) is 25.8 Å². The van der Waals surface area contributed by atoms with Gasteiger partial charge in [0.1, 0.15) is 0 Å². The number of hydrogen-bond donors (Lipinski definition) is 2. The third kappa shape index (κ3) is 4.13. The largest absolute Gasteiger partial charge is 0.478 e. The first-order chi connectivity index (χ1) is 8.76. The van der Waals surface area contributed by atoms with Crippen LogP contribution < -0.4 is 10.6 Å². The molecule has 0 radical (unpaired) electrons. The van der Waals surface area contributed by atoms with Crippen molar-refractivity contribution in [1.82, 2.24) is 0 Å². The Bertz CT molecular complexity index is 458. The highest BCUT2D eigenvalue weighted by atomic mass is 16.5. The molecule has 0 unspecified atom stereocenters. The molecule has 0 saturated heterocycles. The average Bonchev–Trinajstić information content (AvgIpc) is 2.36. The van der Waals surface area contributed by atoms with Crippen LogP contribution in [0.2, 0.25) is 0 Å². The van der Waals surface area contributed by atoms with Crippen LogP contribution in [0.4, 0.5) is 11.4 Å². The summed E-state index contributed by atoms with van der Waals surface area (Å²) in [4.78, 5) is 13.1. The monoisotopic (exact) mass is 266 g/mol. The highest BCUT2D eigenvalue weighted by molar-refractivity contribution is 5.95. The molecule has 3 N–H and O–H groups in total. The first kappa shape index (κ1) is 15.3. The molecule has 0 spiro atoms. The summed E-state index contributed by atoms with van der Waals surface area (Å²) >= 11 is 0. The summed E-state index contributed by atoms with van der Waals surface area (Å²) in [5, 5.41) is 9.21. The number of nitrogens with zero attached hydrogens (tertiary/aromatic N) is 1. The fraction of sp³-hybridized carbons (Fsp3) is 0.500. The minimum absolute atomic E-state index is 0.220. The van der Waals surface area contributed by atoms with Crippen molar-refractivity contribution in [3.8, 4) is 0 Å². The highest BCUT2D eigenvalue weighted by Crippen LogP contribution is 2.24.